The molecule has 0 aromatic heterocycles. The molecule has 1 aliphatic rings. The second kappa shape index (κ2) is 9.10. The molecule has 2 aromatic rings. The SMILES string of the molecule is COc1ccc(C(=O)N2CCC(C(=O)Nc3ccccc3Br)CC2)cc1OC. The Morgan fingerprint density at radius 3 is 2.36 bits per heavy atom. The summed E-state index contributed by atoms with van der Waals surface area (Å²) in [4.78, 5) is 27.1. The van der Waals surface area contributed by atoms with Gasteiger partial charge in [0, 0.05) is 29.0 Å². The van der Waals surface area contributed by atoms with E-state index in [0.717, 1.165) is 10.2 Å². The molecule has 0 unspecified atom stereocenters. The van der Waals surface area contributed by atoms with Crippen LogP contribution in [-0.4, -0.2) is 44.0 Å². The molecular formula is C21H23BrN2O4. The molecule has 2 amide bonds. The first-order valence-corrected chi connectivity index (χ1v) is 9.89. The van der Waals surface area contributed by atoms with E-state index in [2.05, 4.69) is 21.2 Å². The lowest BCUT2D eigenvalue weighted by Crippen LogP contribution is -2.41. The zero-order valence-corrected chi connectivity index (χ0v) is 17.5. The summed E-state index contributed by atoms with van der Waals surface area (Å²) >= 11 is 3.44. The Labute approximate surface area is 172 Å². The fourth-order valence-electron chi connectivity index (χ4n) is 3.29. The van der Waals surface area contributed by atoms with Crippen molar-refractivity contribution in [3.63, 3.8) is 0 Å². The fraction of sp³-hybridized carbons (Fsp3) is 0.333. The van der Waals surface area contributed by atoms with Gasteiger partial charge in [-0.3, -0.25) is 9.59 Å². The molecule has 7 heteroatoms. The van der Waals surface area contributed by atoms with Crippen molar-refractivity contribution >= 4 is 33.4 Å². The third-order valence-corrected chi connectivity index (χ3v) is 5.61. The van der Waals surface area contributed by atoms with Crippen LogP contribution in [0.4, 0.5) is 5.69 Å². The number of para-hydroxylation sites is 1. The highest BCUT2D eigenvalue weighted by Gasteiger charge is 2.28. The standard InChI is InChI=1S/C21H23BrN2O4/c1-27-18-8-7-15(13-19(18)28-2)21(26)24-11-9-14(10-12-24)20(25)23-17-6-4-3-5-16(17)22/h3-8,13-14H,9-12H2,1-2H3,(H,23,25). The maximum atomic E-state index is 12.8. The molecule has 3 rings (SSSR count). The number of ether oxygens (including phenoxy) is 2. The van der Waals surface area contributed by atoms with Gasteiger partial charge in [0.25, 0.3) is 5.91 Å². The summed E-state index contributed by atoms with van der Waals surface area (Å²) in [5.74, 6) is 0.926. The lowest BCUT2D eigenvalue weighted by molar-refractivity contribution is -0.121. The predicted molar refractivity (Wildman–Crippen MR) is 111 cm³/mol. The molecule has 28 heavy (non-hydrogen) atoms. The van der Waals surface area contributed by atoms with Crippen molar-refractivity contribution in [1.82, 2.24) is 4.90 Å². The summed E-state index contributed by atoms with van der Waals surface area (Å²) in [7, 11) is 3.10. The summed E-state index contributed by atoms with van der Waals surface area (Å²) in [5, 5.41) is 2.96. The number of nitrogens with zero attached hydrogens (tertiary/aromatic N) is 1. The number of halogens is 1. The van der Waals surface area contributed by atoms with E-state index < -0.39 is 0 Å². The monoisotopic (exact) mass is 446 g/mol. The topological polar surface area (TPSA) is 67.9 Å². The van der Waals surface area contributed by atoms with Gasteiger partial charge in [-0.05, 0) is 59.1 Å². The van der Waals surface area contributed by atoms with Crippen LogP contribution < -0.4 is 14.8 Å². The number of amides is 2. The highest BCUT2D eigenvalue weighted by molar-refractivity contribution is 9.10. The maximum absolute atomic E-state index is 12.8. The molecule has 148 valence electrons. The van der Waals surface area contributed by atoms with Gasteiger partial charge < -0.3 is 19.7 Å². The zero-order chi connectivity index (χ0) is 20.1. The number of benzene rings is 2. The number of hydrogen-bond donors (Lipinski definition) is 1. The summed E-state index contributed by atoms with van der Waals surface area (Å²) in [6.07, 6.45) is 1.27. The van der Waals surface area contributed by atoms with E-state index in [1.54, 1.807) is 37.3 Å². The quantitative estimate of drug-likeness (QED) is 0.754. The van der Waals surface area contributed by atoms with Crippen LogP contribution >= 0.6 is 15.9 Å². The van der Waals surface area contributed by atoms with Crippen LogP contribution in [0.3, 0.4) is 0 Å². The summed E-state index contributed by atoms with van der Waals surface area (Å²) in [6.45, 7) is 1.09. The minimum Gasteiger partial charge on any atom is -0.493 e. The van der Waals surface area contributed by atoms with E-state index >= 15 is 0 Å². The molecule has 0 bridgehead atoms. The van der Waals surface area contributed by atoms with E-state index in [0.29, 0.717) is 43.0 Å². The highest BCUT2D eigenvalue weighted by atomic mass is 79.9. The Bertz CT molecular complexity index is 863. The van der Waals surface area contributed by atoms with E-state index in [1.807, 2.05) is 24.3 Å². The van der Waals surface area contributed by atoms with Crippen LogP contribution in [0.1, 0.15) is 23.2 Å². The summed E-state index contributed by atoms with van der Waals surface area (Å²) < 4.78 is 11.3. The average Bonchev–Trinajstić information content (AvgIpc) is 2.74. The van der Waals surface area contributed by atoms with Crippen molar-refractivity contribution in [1.29, 1.82) is 0 Å². The van der Waals surface area contributed by atoms with Crippen LogP contribution in [0.2, 0.25) is 0 Å². The molecule has 1 aliphatic heterocycles. The van der Waals surface area contributed by atoms with Gasteiger partial charge in [0.05, 0.1) is 19.9 Å². The molecule has 0 atom stereocenters. The number of nitrogens with one attached hydrogen (secondary N) is 1. The van der Waals surface area contributed by atoms with Crippen LogP contribution in [0, 0.1) is 5.92 Å². The van der Waals surface area contributed by atoms with Crippen LogP contribution in [0.25, 0.3) is 0 Å². The Morgan fingerprint density at radius 2 is 1.71 bits per heavy atom. The first-order valence-electron chi connectivity index (χ1n) is 9.10. The van der Waals surface area contributed by atoms with Crippen molar-refractivity contribution in [2.24, 2.45) is 5.92 Å². The first kappa shape index (κ1) is 20.2. The van der Waals surface area contributed by atoms with E-state index in [1.165, 1.54) is 0 Å². The van der Waals surface area contributed by atoms with Crippen molar-refractivity contribution in [3.05, 3.63) is 52.5 Å². The fourth-order valence-corrected chi connectivity index (χ4v) is 3.68. The van der Waals surface area contributed by atoms with E-state index in [9.17, 15) is 9.59 Å². The molecule has 1 N–H and O–H groups in total. The highest BCUT2D eigenvalue weighted by Crippen LogP contribution is 2.29. The molecular weight excluding hydrogens is 424 g/mol. The number of rotatable bonds is 5. The van der Waals surface area contributed by atoms with Crippen molar-refractivity contribution in [2.75, 3.05) is 32.6 Å². The minimum absolute atomic E-state index is 0.00915. The van der Waals surface area contributed by atoms with E-state index in [-0.39, 0.29) is 17.7 Å². The molecule has 0 radical (unpaired) electrons. The zero-order valence-electron chi connectivity index (χ0n) is 15.9. The van der Waals surface area contributed by atoms with Gasteiger partial charge in [0.1, 0.15) is 0 Å². The Balaban J connectivity index is 1.59. The van der Waals surface area contributed by atoms with Crippen LogP contribution in [0.15, 0.2) is 46.9 Å². The molecule has 0 aliphatic carbocycles. The van der Waals surface area contributed by atoms with Crippen molar-refractivity contribution < 1.29 is 19.1 Å². The number of carbonyl (C=O) groups is 2. The molecule has 0 saturated carbocycles. The van der Waals surface area contributed by atoms with Crippen molar-refractivity contribution in [3.8, 4) is 11.5 Å². The molecule has 1 heterocycles. The normalized spacial score (nSPS) is 14.5. The Hall–Kier alpha value is -2.54. The minimum atomic E-state index is -0.110. The number of piperidine rings is 1. The Morgan fingerprint density at radius 1 is 1.04 bits per heavy atom. The third-order valence-electron chi connectivity index (χ3n) is 4.92. The smallest absolute Gasteiger partial charge is 0.253 e. The molecule has 1 fully saturated rings. The van der Waals surface area contributed by atoms with Gasteiger partial charge in [-0.25, -0.2) is 0 Å². The van der Waals surface area contributed by atoms with Crippen LogP contribution in [-0.2, 0) is 4.79 Å². The molecule has 1 saturated heterocycles. The largest absolute Gasteiger partial charge is 0.493 e. The summed E-state index contributed by atoms with van der Waals surface area (Å²) in [6, 6.07) is 12.7. The summed E-state index contributed by atoms with van der Waals surface area (Å²) in [5.41, 5.74) is 1.31. The van der Waals surface area contributed by atoms with Gasteiger partial charge in [-0.2, -0.15) is 0 Å². The molecule has 2 aromatic carbocycles. The number of methoxy groups -OCH3 is 2. The third kappa shape index (κ3) is 4.47. The van der Waals surface area contributed by atoms with Gasteiger partial charge in [-0.1, -0.05) is 12.1 Å². The van der Waals surface area contributed by atoms with Gasteiger partial charge in [0.2, 0.25) is 5.91 Å². The van der Waals surface area contributed by atoms with Crippen molar-refractivity contribution in [2.45, 2.75) is 12.8 Å². The molecule has 0 spiro atoms. The van der Waals surface area contributed by atoms with E-state index in [4.69, 9.17) is 9.47 Å². The maximum Gasteiger partial charge on any atom is 0.253 e. The first-order chi connectivity index (χ1) is 13.5. The second-order valence-corrected chi connectivity index (χ2v) is 7.46. The van der Waals surface area contributed by atoms with Crippen LogP contribution in [0.5, 0.6) is 11.5 Å². The van der Waals surface area contributed by atoms with Gasteiger partial charge in [-0.15, -0.1) is 0 Å². The number of hydrogen-bond acceptors (Lipinski definition) is 4. The molecule has 6 nitrogen and oxygen atoms in total. The Kier molecular flexibility index (Phi) is 6.57. The number of anilines is 1. The second-order valence-electron chi connectivity index (χ2n) is 6.61. The lowest BCUT2D eigenvalue weighted by Gasteiger charge is -2.31. The predicted octanol–water partition coefficient (Wildman–Crippen LogP) is 3.96. The average molecular weight is 447 g/mol. The number of carbonyl (C=O) groups excluding carboxylic acids is 2. The van der Waals surface area contributed by atoms with Gasteiger partial charge in [0.15, 0.2) is 11.5 Å². The lowest BCUT2D eigenvalue weighted by atomic mass is 9.95. The number of likely N-dealkylation sites (tertiary alicyclic amines) is 1. The van der Waals surface area contributed by atoms with Gasteiger partial charge >= 0.3 is 0 Å².